The van der Waals surface area contributed by atoms with Crippen LogP contribution in [0.1, 0.15) is 22.8 Å². The lowest BCUT2D eigenvalue weighted by molar-refractivity contribution is -0.343. The molecule has 0 aliphatic rings. The molecule has 0 aliphatic carbocycles. The van der Waals surface area contributed by atoms with Gasteiger partial charge >= 0.3 is 23.9 Å². The smallest absolute Gasteiger partial charge is 0.360 e. The number of aromatic amines is 1. The monoisotopic (exact) mass is 488 g/mol. The molecule has 0 saturated heterocycles. The first kappa shape index (κ1) is 24.7. The summed E-state index contributed by atoms with van der Waals surface area (Å²) in [6, 6.07) is 11.5. The maximum Gasteiger partial charge on any atom is 0.460 e. The van der Waals surface area contributed by atoms with Crippen molar-refractivity contribution in [2.24, 2.45) is 5.10 Å². The van der Waals surface area contributed by atoms with E-state index in [9.17, 15) is 40.3 Å². The van der Waals surface area contributed by atoms with Crippen molar-refractivity contribution < 1.29 is 40.3 Å². The van der Waals surface area contributed by atoms with Crippen molar-refractivity contribution >= 4 is 34.1 Å². The molecule has 6 nitrogen and oxygen atoms in total. The fraction of sp³-hybridized carbons (Fsp3) is 0.190. The average Bonchev–Trinajstić information content (AvgIpc) is 3.21. The van der Waals surface area contributed by atoms with Crippen LogP contribution in [-0.4, -0.2) is 40.5 Å². The number of amides is 2. The van der Waals surface area contributed by atoms with E-state index < -0.39 is 35.5 Å². The molecule has 0 saturated carbocycles. The Morgan fingerprint density at radius 3 is 2.15 bits per heavy atom. The first-order valence-electron chi connectivity index (χ1n) is 9.40. The van der Waals surface area contributed by atoms with Gasteiger partial charge in [-0.3, -0.25) is 9.59 Å². The first-order chi connectivity index (χ1) is 15.8. The number of carbonyl (C=O) groups excluding carboxylic acids is 2. The van der Waals surface area contributed by atoms with E-state index in [0.29, 0.717) is 16.5 Å². The van der Waals surface area contributed by atoms with Crippen LogP contribution in [0, 0.1) is 0 Å². The third kappa shape index (κ3) is 4.58. The van der Waals surface area contributed by atoms with Crippen molar-refractivity contribution in [1.82, 2.24) is 10.4 Å². The highest BCUT2D eigenvalue weighted by Crippen LogP contribution is 2.46. The predicted molar refractivity (Wildman–Crippen MR) is 109 cm³/mol. The van der Waals surface area contributed by atoms with Crippen molar-refractivity contribution in [3.05, 3.63) is 65.9 Å². The third-order valence-corrected chi connectivity index (χ3v) is 4.76. The Bertz CT molecular complexity index is 1250. The predicted octanol–water partition coefficient (Wildman–Crippen LogP) is 5.09. The van der Waals surface area contributed by atoms with Gasteiger partial charge in [-0.15, -0.1) is 0 Å². The molecule has 0 fully saturated rings. The summed E-state index contributed by atoms with van der Waals surface area (Å²) in [5, 5.41) is 5.92. The minimum atomic E-state index is -6.62. The number of H-pyrrole nitrogens is 1. The standard InChI is InChI=1S/C21H15F7N4O2/c1-11(31-32-17(33)15-10-29-16-5-3-2-4-14(15)16)12-6-8-13(9-7-12)30-18(34)19(22,23)20(24,25)21(26,27)28/h2-10,29H,1H3,(H,30,34)(H,32,33)/b31-11-. The van der Waals surface area contributed by atoms with Gasteiger partial charge in [0.2, 0.25) is 0 Å². The minimum Gasteiger partial charge on any atom is -0.360 e. The zero-order chi connectivity index (χ0) is 25.3. The van der Waals surface area contributed by atoms with Crippen LogP contribution in [0.5, 0.6) is 0 Å². The molecule has 0 unspecified atom stereocenters. The molecule has 2 aromatic carbocycles. The molecule has 1 heterocycles. The number of aromatic nitrogens is 1. The van der Waals surface area contributed by atoms with Crippen LogP contribution < -0.4 is 10.7 Å². The first-order valence-corrected chi connectivity index (χ1v) is 9.40. The highest BCUT2D eigenvalue weighted by Gasteiger charge is 2.76. The zero-order valence-electron chi connectivity index (χ0n) is 17.1. The summed E-state index contributed by atoms with van der Waals surface area (Å²) in [5.41, 5.74) is 3.55. The second-order valence-electron chi connectivity index (χ2n) is 7.06. The highest BCUT2D eigenvalue weighted by molar-refractivity contribution is 6.07. The van der Waals surface area contributed by atoms with Crippen LogP contribution in [0.2, 0.25) is 0 Å². The van der Waals surface area contributed by atoms with E-state index in [1.165, 1.54) is 30.6 Å². The minimum absolute atomic E-state index is 0.250. The van der Waals surface area contributed by atoms with Gasteiger partial charge in [0.1, 0.15) is 0 Å². The summed E-state index contributed by atoms with van der Waals surface area (Å²) in [7, 11) is 0. The fourth-order valence-electron chi connectivity index (χ4n) is 2.84. The van der Waals surface area contributed by atoms with E-state index >= 15 is 0 Å². The number of benzene rings is 2. The highest BCUT2D eigenvalue weighted by atomic mass is 19.4. The van der Waals surface area contributed by atoms with Gasteiger partial charge in [0.25, 0.3) is 5.91 Å². The number of carbonyl (C=O) groups is 2. The van der Waals surface area contributed by atoms with Crippen LogP contribution in [0.25, 0.3) is 10.9 Å². The largest absolute Gasteiger partial charge is 0.460 e. The Morgan fingerprint density at radius 2 is 1.53 bits per heavy atom. The lowest BCUT2D eigenvalue weighted by Gasteiger charge is -2.27. The number of alkyl halides is 7. The van der Waals surface area contributed by atoms with Crippen molar-refractivity contribution in [3.8, 4) is 0 Å². The number of halogens is 7. The van der Waals surface area contributed by atoms with Gasteiger partial charge in [-0.05, 0) is 30.7 Å². The van der Waals surface area contributed by atoms with E-state index in [2.05, 4.69) is 15.5 Å². The Morgan fingerprint density at radius 1 is 0.912 bits per heavy atom. The number of nitrogens with one attached hydrogen (secondary N) is 3. The lowest BCUT2D eigenvalue weighted by Crippen LogP contribution is -2.57. The second kappa shape index (κ2) is 8.80. The van der Waals surface area contributed by atoms with Crippen LogP contribution in [-0.2, 0) is 4.79 Å². The summed E-state index contributed by atoms with van der Waals surface area (Å²) in [6.07, 6.45) is -5.12. The normalized spacial score (nSPS) is 13.1. The van der Waals surface area contributed by atoms with E-state index in [1.807, 2.05) is 0 Å². The zero-order valence-corrected chi connectivity index (χ0v) is 17.1. The molecule has 180 valence electrons. The summed E-state index contributed by atoms with van der Waals surface area (Å²) in [6.45, 7) is 1.49. The summed E-state index contributed by atoms with van der Waals surface area (Å²) in [5.74, 6) is -15.9. The number of nitrogens with zero attached hydrogens (tertiary/aromatic N) is 1. The number of fused-ring (bicyclic) bond motifs is 1. The molecule has 34 heavy (non-hydrogen) atoms. The van der Waals surface area contributed by atoms with Gasteiger partial charge in [0.05, 0.1) is 11.3 Å². The van der Waals surface area contributed by atoms with Crippen molar-refractivity contribution in [2.75, 3.05) is 5.32 Å². The Hall–Kier alpha value is -3.90. The Labute approximate surface area is 186 Å². The number of hydrogen-bond donors (Lipinski definition) is 3. The molecule has 3 aromatic rings. The van der Waals surface area contributed by atoms with Gasteiger partial charge in [-0.2, -0.15) is 35.8 Å². The number of hydrazone groups is 1. The van der Waals surface area contributed by atoms with Crippen LogP contribution in [0.3, 0.4) is 0 Å². The SMILES string of the molecule is C/C(=N/NC(=O)c1c[nH]c2ccccc12)c1ccc(NC(=O)C(F)(F)C(F)(F)C(F)(F)F)cc1. The van der Waals surface area contributed by atoms with E-state index in [0.717, 1.165) is 17.6 Å². The van der Waals surface area contributed by atoms with Crippen molar-refractivity contribution in [2.45, 2.75) is 24.9 Å². The fourth-order valence-corrected chi connectivity index (χ4v) is 2.84. The quantitative estimate of drug-likeness (QED) is 0.256. The number of para-hydroxylation sites is 1. The average molecular weight is 488 g/mol. The number of rotatable bonds is 6. The molecular weight excluding hydrogens is 473 g/mol. The molecule has 3 rings (SSSR count). The summed E-state index contributed by atoms with van der Waals surface area (Å²) < 4.78 is 89.5. The Kier molecular flexibility index (Phi) is 6.40. The molecule has 0 atom stereocenters. The Balaban J connectivity index is 1.68. The summed E-state index contributed by atoms with van der Waals surface area (Å²) >= 11 is 0. The molecule has 0 spiro atoms. The molecule has 1 aromatic heterocycles. The van der Waals surface area contributed by atoms with Crippen molar-refractivity contribution in [1.29, 1.82) is 0 Å². The number of anilines is 1. The summed E-state index contributed by atoms with van der Waals surface area (Å²) in [4.78, 5) is 26.7. The van der Waals surface area contributed by atoms with E-state index in [4.69, 9.17) is 0 Å². The van der Waals surface area contributed by atoms with Crippen LogP contribution in [0.15, 0.2) is 59.8 Å². The molecule has 2 amide bonds. The molecule has 13 heteroatoms. The molecule has 0 radical (unpaired) electrons. The van der Waals surface area contributed by atoms with Gasteiger partial charge < -0.3 is 10.3 Å². The third-order valence-electron chi connectivity index (χ3n) is 4.76. The van der Waals surface area contributed by atoms with Crippen LogP contribution in [0.4, 0.5) is 36.4 Å². The maximum atomic E-state index is 13.4. The van der Waals surface area contributed by atoms with Gasteiger partial charge in [0.15, 0.2) is 0 Å². The van der Waals surface area contributed by atoms with Gasteiger partial charge in [-0.25, -0.2) is 5.43 Å². The number of hydrogen-bond acceptors (Lipinski definition) is 3. The molecule has 3 N–H and O–H groups in total. The lowest BCUT2D eigenvalue weighted by atomic mass is 10.1. The second-order valence-corrected chi connectivity index (χ2v) is 7.06. The molecule has 0 aliphatic heterocycles. The van der Waals surface area contributed by atoms with Gasteiger partial charge in [-0.1, -0.05) is 30.3 Å². The topological polar surface area (TPSA) is 86.3 Å². The van der Waals surface area contributed by atoms with Crippen molar-refractivity contribution in [3.63, 3.8) is 0 Å². The van der Waals surface area contributed by atoms with E-state index in [1.54, 1.807) is 24.3 Å². The van der Waals surface area contributed by atoms with Gasteiger partial charge in [0, 0.05) is 22.8 Å². The maximum absolute atomic E-state index is 13.4. The molecule has 0 bridgehead atoms. The van der Waals surface area contributed by atoms with Crippen LogP contribution >= 0.6 is 0 Å². The van der Waals surface area contributed by atoms with E-state index in [-0.39, 0.29) is 5.71 Å². The molecular formula is C21H15F7N4O2.